The number of benzene rings is 2. The molecule has 0 aliphatic heterocycles. The Labute approximate surface area is 157 Å². The first-order valence-corrected chi connectivity index (χ1v) is 8.62. The highest BCUT2D eigenvalue weighted by atomic mass is 16.5. The van der Waals surface area contributed by atoms with Gasteiger partial charge in [0.25, 0.3) is 5.91 Å². The summed E-state index contributed by atoms with van der Waals surface area (Å²) in [4.78, 5) is 23.0. The lowest BCUT2D eigenvalue weighted by Crippen LogP contribution is -2.38. The monoisotopic (exact) mass is 373 g/mol. The zero-order valence-corrected chi connectivity index (χ0v) is 15.3. The lowest BCUT2D eigenvalue weighted by Gasteiger charge is -2.14. The Balaban J connectivity index is 1.97. The summed E-state index contributed by atoms with van der Waals surface area (Å²) in [7, 11) is 0. The Morgan fingerprint density at radius 3 is 2.37 bits per heavy atom. The lowest BCUT2D eigenvalue weighted by molar-refractivity contribution is -0.138. The molecule has 0 heterocycles. The van der Waals surface area contributed by atoms with E-state index in [0.29, 0.717) is 36.9 Å². The average Bonchev–Trinajstić information content (AvgIpc) is 2.67. The summed E-state index contributed by atoms with van der Waals surface area (Å²) >= 11 is 0. The second kappa shape index (κ2) is 10.1. The summed E-state index contributed by atoms with van der Waals surface area (Å²) in [6, 6.07) is 13.1. The Bertz CT molecular complexity index is 762. The van der Waals surface area contributed by atoms with Gasteiger partial charge in [0.05, 0.1) is 6.61 Å². The lowest BCUT2D eigenvalue weighted by atomic mass is 10.1. The molecule has 7 heteroatoms. The van der Waals surface area contributed by atoms with Gasteiger partial charge in [0.2, 0.25) is 0 Å². The summed E-state index contributed by atoms with van der Waals surface area (Å²) in [5, 5.41) is 11.3. The SMILES string of the molecule is CCOc1cc(C(=O)N[C@@H](C)C(=O)O)ccc1OCCOc1ccccc1. The minimum absolute atomic E-state index is 0.291. The van der Waals surface area contributed by atoms with Crippen LogP contribution in [0.1, 0.15) is 24.2 Å². The van der Waals surface area contributed by atoms with Gasteiger partial charge in [-0.05, 0) is 44.2 Å². The van der Waals surface area contributed by atoms with Crippen LogP contribution in [0.3, 0.4) is 0 Å². The van der Waals surface area contributed by atoms with Crippen LogP contribution in [0.4, 0.5) is 0 Å². The largest absolute Gasteiger partial charge is 0.490 e. The molecule has 7 nitrogen and oxygen atoms in total. The zero-order chi connectivity index (χ0) is 19.6. The Morgan fingerprint density at radius 1 is 1.00 bits per heavy atom. The van der Waals surface area contributed by atoms with Crippen LogP contribution in [-0.4, -0.2) is 42.8 Å². The molecular formula is C20H23NO6. The third-order valence-corrected chi connectivity index (χ3v) is 3.58. The number of nitrogens with one attached hydrogen (secondary N) is 1. The topological polar surface area (TPSA) is 94.1 Å². The standard InChI is InChI=1S/C20H23NO6/c1-3-25-18-13-15(19(22)21-14(2)20(23)24)9-10-17(18)27-12-11-26-16-7-5-4-6-8-16/h4-10,13-14H,3,11-12H2,1-2H3,(H,21,22)(H,23,24)/t14-/m0/s1. The van der Waals surface area contributed by atoms with Crippen LogP contribution in [0.5, 0.6) is 17.2 Å². The third kappa shape index (κ3) is 6.22. The number of hydrogen-bond donors (Lipinski definition) is 2. The first-order valence-electron chi connectivity index (χ1n) is 8.62. The van der Waals surface area contributed by atoms with E-state index in [1.54, 1.807) is 12.1 Å². The van der Waals surface area contributed by atoms with Crippen LogP contribution in [0.2, 0.25) is 0 Å². The molecular weight excluding hydrogens is 350 g/mol. The van der Waals surface area contributed by atoms with Crippen molar-refractivity contribution in [2.75, 3.05) is 19.8 Å². The van der Waals surface area contributed by atoms with Crippen molar-refractivity contribution in [2.24, 2.45) is 0 Å². The molecule has 0 spiro atoms. The molecule has 2 N–H and O–H groups in total. The molecule has 0 unspecified atom stereocenters. The molecule has 0 aliphatic rings. The van der Waals surface area contributed by atoms with Crippen LogP contribution in [0.15, 0.2) is 48.5 Å². The minimum atomic E-state index is -1.10. The molecule has 2 aromatic carbocycles. The average molecular weight is 373 g/mol. The molecule has 1 atom stereocenters. The van der Waals surface area contributed by atoms with E-state index >= 15 is 0 Å². The highest BCUT2D eigenvalue weighted by molar-refractivity contribution is 5.97. The number of amides is 1. The van der Waals surface area contributed by atoms with E-state index in [-0.39, 0.29) is 0 Å². The molecule has 0 radical (unpaired) electrons. The van der Waals surface area contributed by atoms with E-state index in [1.165, 1.54) is 13.0 Å². The molecule has 2 rings (SSSR count). The summed E-state index contributed by atoms with van der Waals surface area (Å²) in [5.74, 6) is 0.0476. The molecule has 0 aliphatic carbocycles. The van der Waals surface area contributed by atoms with Crippen molar-refractivity contribution in [3.8, 4) is 17.2 Å². The van der Waals surface area contributed by atoms with Crippen LogP contribution in [-0.2, 0) is 4.79 Å². The smallest absolute Gasteiger partial charge is 0.325 e. The summed E-state index contributed by atoms with van der Waals surface area (Å²) in [6.07, 6.45) is 0. The zero-order valence-electron chi connectivity index (χ0n) is 15.3. The number of carboxylic acid groups (broad SMARTS) is 1. The van der Waals surface area contributed by atoms with Gasteiger partial charge in [0.1, 0.15) is 25.0 Å². The number of carbonyl (C=O) groups excluding carboxylic acids is 1. The molecule has 1 amide bonds. The van der Waals surface area contributed by atoms with Crippen LogP contribution >= 0.6 is 0 Å². The van der Waals surface area contributed by atoms with E-state index in [0.717, 1.165) is 5.75 Å². The Morgan fingerprint density at radius 2 is 1.70 bits per heavy atom. The van der Waals surface area contributed by atoms with Crippen LogP contribution < -0.4 is 19.5 Å². The van der Waals surface area contributed by atoms with E-state index in [4.69, 9.17) is 19.3 Å². The van der Waals surface area contributed by atoms with E-state index in [1.807, 2.05) is 37.3 Å². The number of hydrogen-bond acceptors (Lipinski definition) is 5. The fraction of sp³-hybridized carbons (Fsp3) is 0.300. The minimum Gasteiger partial charge on any atom is -0.490 e. The molecule has 0 bridgehead atoms. The Hall–Kier alpha value is -3.22. The van der Waals surface area contributed by atoms with Crippen molar-refractivity contribution in [1.82, 2.24) is 5.32 Å². The Kier molecular flexibility index (Phi) is 7.49. The number of ether oxygens (including phenoxy) is 3. The maximum atomic E-state index is 12.2. The van der Waals surface area contributed by atoms with Crippen molar-refractivity contribution in [2.45, 2.75) is 19.9 Å². The van der Waals surface area contributed by atoms with E-state index in [9.17, 15) is 9.59 Å². The molecule has 0 saturated heterocycles. The van der Waals surface area contributed by atoms with E-state index < -0.39 is 17.9 Å². The van der Waals surface area contributed by atoms with Gasteiger partial charge in [-0.2, -0.15) is 0 Å². The van der Waals surface area contributed by atoms with Crippen LogP contribution in [0.25, 0.3) is 0 Å². The van der Waals surface area contributed by atoms with E-state index in [2.05, 4.69) is 5.32 Å². The first kappa shape index (κ1) is 20.1. The molecule has 27 heavy (non-hydrogen) atoms. The third-order valence-electron chi connectivity index (χ3n) is 3.58. The van der Waals surface area contributed by atoms with Gasteiger partial charge in [0.15, 0.2) is 11.5 Å². The maximum Gasteiger partial charge on any atom is 0.325 e. The van der Waals surface area contributed by atoms with Gasteiger partial charge in [0, 0.05) is 5.56 Å². The van der Waals surface area contributed by atoms with Gasteiger partial charge < -0.3 is 24.6 Å². The molecule has 144 valence electrons. The van der Waals surface area contributed by atoms with Crippen molar-refractivity contribution >= 4 is 11.9 Å². The number of carbonyl (C=O) groups is 2. The second-order valence-electron chi connectivity index (χ2n) is 5.64. The molecule has 2 aromatic rings. The second-order valence-corrected chi connectivity index (χ2v) is 5.64. The predicted molar refractivity (Wildman–Crippen MR) is 99.6 cm³/mol. The van der Waals surface area contributed by atoms with Crippen molar-refractivity contribution in [3.63, 3.8) is 0 Å². The molecule has 0 fully saturated rings. The van der Waals surface area contributed by atoms with Gasteiger partial charge in [-0.25, -0.2) is 0 Å². The number of aliphatic carboxylic acids is 1. The summed E-state index contributed by atoms with van der Waals surface area (Å²) < 4.78 is 16.8. The number of carboxylic acids is 1. The molecule has 0 aromatic heterocycles. The number of para-hydroxylation sites is 1. The van der Waals surface area contributed by atoms with Crippen molar-refractivity contribution < 1.29 is 28.9 Å². The fourth-order valence-electron chi connectivity index (χ4n) is 2.21. The normalized spacial score (nSPS) is 11.3. The quantitative estimate of drug-likeness (QED) is 0.622. The van der Waals surface area contributed by atoms with Gasteiger partial charge in [-0.3, -0.25) is 9.59 Å². The van der Waals surface area contributed by atoms with Gasteiger partial charge in [-0.1, -0.05) is 18.2 Å². The highest BCUT2D eigenvalue weighted by Gasteiger charge is 2.17. The molecule has 0 saturated carbocycles. The maximum absolute atomic E-state index is 12.2. The van der Waals surface area contributed by atoms with Crippen LogP contribution in [0, 0.1) is 0 Å². The first-order chi connectivity index (χ1) is 13.0. The number of rotatable bonds is 10. The summed E-state index contributed by atoms with van der Waals surface area (Å²) in [6.45, 7) is 4.27. The predicted octanol–water partition coefficient (Wildman–Crippen LogP) is 2.75. The summed E-state index contributed by atoms with van der Waals surface area (Å²) in [5.41, 5.74) is 0.291. The fourth-order valence-corrected chi connectivity index (χ4v) is 2.21. The van der Waals surface area contributed by atoms with Gasteiger partial charge >= 0.3 is 5.97 Å². The van der Waals surface area contributed by atoms with Crippen molar-refractivity contribution in [1.29, 1.82) is 0 Å². The van der Waals surface area contributed by atoms with Gasteiger partial charge in [-0.15, -0.1) is 0 Å². The highest BCUT2D eigenvalue weighted by Crippen LogP contribution is 2.28. The van der Waals surface area contributed by atoms with Crippen molar-refractivity contribution in [3.05, 3.63) is 54.1 Å².